The number of hydrogen-bond donors (Lipinski definition) is 1. The second kappa shape index (κ2) is 5.82. The van der Waals surface area contributed by atoms with Gasteiger partial charge >= 0.3 is 0 Å². The predicted molar refractivity (Wildman–Crippen MR) is 69.6 cm³/mol. The topological polar surface area (TPSA) is 50.3 Å². The van der Waals surface area contributed by atoms with Gasteiger partial charge < -0.3 is 15.0 Å². The van der Waals surface area contributed by atoms with Crippen LogP contribution in [0.25, 0.3) is 0 Å². The van der Waals surface area contributed by atoms with E-state index in [-0.39, 0.29) is 5.54 Å². The fourth-order valence-corrected chi connectivity index (χ4v) is 1.36. The van der Waals surface area contributed by atoms with Gasteiger partial charge in [-0.1, -0.05) is 0 Å². The number of methoxy groups -OCH3 is 1. The van der Waals surface area contributed by atoms with E-state index in [9.17, 15) is 0 Å². The van der Waals surface area contributed by atoms with Gasteiger partial charge in [-0.25, -0.2) is 9.97 Å². The molecule has 17 heavy (non-hydrogen) atoms. The van der Waals surface area contributed by atoms with Crippen LogP contribution < -0.4 is 15.0 Å². The summed E-state index contributed by atoms with van der Waals surface area (Å²) in [7, 11) is 3.61. The van der Waals surface area contributed by atoms with Gasteiger partial charge in [0.1, 0.15) is 12.1 Å². The van der Waals surface area contributed by atoms with Crippen molar-refractivity contribution >= 4 is 5.82 Å². The molecule has 1 rings (SSSR count). The molecule has 0 saturated carbocycles. The van der Waals surface area contributed by atoms with E-state index in [1.54, 1.807) is 7.11 Å². The third kappa shape index (κ3) is 4.99. The Balaban J connectivity index is 2.49. The molecule has 5 heteroatoms. The molecule has 0 aliphatic rings. The van der Waals surface area contributed by atoms with Crippen molar-refractivity contribution in [1.82, 2.24) is 15.3 Å². The van der Waals surface area contributed by atoms with Crippen LogP contribution in [0.1, 0.15) is 20.8 Å². The van der Waals surface area contributed by atoms with Gasteiger partial charge in [-0.05, 0) is 20.8 Å². The van der Waals surface area contributed by atoms with Crippen LogP contribution in [0.4, 0.5) is 5.82 Å². The zero-order valence-corrected chi connectivity index (χ0v) is 11.3. The van der Waals surface area contributed by atoms with Gasteiger partial charge in [0, 0.05) is 31.7 Å². The molecule has 0 spiro atoms. The van der Waals surface area contributed by atoms with Crippen LogP contribution in [0.5, 0.6) is 5.88 Å². The SMILES string of the molecule is COc1cc(N(C)CCNC(C)(C)C)ncn1. The third-order valence-corrected chi connectivity index (χ3v) is 2.33. The predicted octanol–water partition coefficient (Wildman–Crippen LogP) is 1.31. The number of likely N-dealkylation sites (N-methyl/N-ethyl adjacent to an activating group) is 1. The molecule has 0 aliphatic heterocycles. The van der Waals surface area contributed by atoms with Crippen LogP contribution in [0, 0.1) is 0 Å². The number of nitrogens with zero attached hydrogens (tertiary/aromatic N) is 3. The summed E-state index contributed by atoms with van der Waals surface area (Å²) in [4.78, 5) is 10.3. The van der Waals surface area contributed by atoms with Gasteiger partial charge in [-0.2, -0.15) is 0 Å². The van der Waals surface area contributed by atoms with Gasteiger partial charge in [-0.15, -0.1) is 0 Å². The highest BCUT2D eigenvalue weighted by molar-refractivity contribution is 5.39. The maximum Gasteiger partial charge on any atom is 0.218 e. The highest BCUT2D eigenvalue weighted by atomic mass is 16.5. The monoisotopic (exact) mass is 238 g/mol. The molecule has 0 radical (unpaired) electrons. The molecule has 0 saturated heterocycles. The minimum absolute atomic E-state index is 0.143. The van der Waals surface area contributed by atoms with Crippen molar-refractivity contribution in [3.63, 3.8) is 0 Å². The number of aromatic nitrogens is 2. The molecule has 96 valence electrons. The number of hydrogen-bond acceptors (Lipinski definition) is 5. The lowest BCUT2D eigenvalue weighted by Crippen LogP contribution is -2.40. The lowest BCUT2D eigenvalue weighted by Gasteiger charge is -2.24. The van der Waals surface area contributed by atoms with Gasteiger partial charge in [-0.3, -0.25) is 0 Å². The van der Waals surface area contributed by atoms with Crippen molar-refractivity contribution in [2.24, 2.45) is 0 Å². The summed E-state index contributed by atoms with van der Waals surface area (Å²) >= 11 is 0. The van der Waals surface area contributed by atoms with Gasteiger partial charge in [0.2, 0.25) is 5.88 Å². The highest BCUT2D eigenvalue weighted by Gasteiger charge is 2.09. The first-order chi connectivity index (χ1) is 7.92. The van der Waals surface area contributed by atoms with Crippen LogP contribution in [-0.4, -0.2) is 42.8 Å². The summed E-state index contributed by atoms with van der Waals surface area (Å²) in [6.07, 6.45) is 1.52. The van der Waals surface area contributed by atoms with E-state index in [4.69, 9.17) is 4.74 Å². The Morgan fingerprint density at radius 2 is 2.06 bits per heavy atom. The summed E-state index contributed by atoms with van der Waals surface area (Å²) in [5, 5.41) is 3.43. The molecule has 0 atom stereocenters. The molecule has 1 N–H and O–H groups in total. The first-order valence-corrected chi connectivity index (χ1v) is 5.74. The van der Waals surface area contributed by atoms with Crippen molar-refractivity contribution < 1.29 is 4.74 Å². The maximum atomic E-state index is 5.07. The van der Waals surface area contributed by atoms with E-state index in [1.807, 2.05) is 13.1 Å². The molecular weight excluding hydrogens is 216 g/mol. The second-order valence-electron chi connectivity index (χ2n) is 5.02. The van der Waals surface area contributed by atoms with Crippen LogP contribution >= 0.6 is 0 Å². The standard InChI is InChI=1S/C12H22N4O/c1-12(2,3)15-6-7-16(4)10-8-11(17-5)14-9-13-10/h8-9,15H,6-7H2,1-5H3. The average molecular weight is 238 g/mol. The van der Waals surface area contributed by atoms with E-state index >= 15 is 0 Å². The third-order valence-electron chi connectivity index (χ3n) is 2.33. The zero-order valence-electron chi connectivity index (χ0n) is 11.3. The lowest BCUT2D eigenvalue weighted by molar-refractivity contribution is 0.396. The molecular formula is C12H22N4O. The van der Waals surface area contributed by atoms with Crippen molar-refractivity contribution in [1.29, 1.82) is 0 Å². The summed E-state index contributed by atoms with van der Waals surface area (Å²) in [5.74, 6) is 1.46. The Kier molecular flexibility index (Phi) is 4.69. The van der Waals surface area contributed by atoms with Crippen LogP contribution in [0.15, 0.2) is 12.4 Å². The summed E-state index contributed by atoms with van der Waals surface area (Å²) in [6.45, 7) is 8.26. The summed E-state index contributed by atoms with van der Waals surface area (Å²) in [6, 6.07) is 1.83. The molecule has 1 aromatic heterocycles. The first kappa shape index (κ1) is 13.7. The number of nitrogens with one attached hydrogen (secondary N) is 1. The quantitative estimate of drug-likeness (QED) is 0.838. The van der Waals surface area contributed by atoms with E-state index in [1.165, 1.54) is 6.33 Å². The molecule has 0 fully saturated rings. The van der Waals surface area contributed by atoms with Gasteiger partial charge in [0.05, 0.1) is 7.11 Å². The van der Waals surface area contributed by atoms with E-state index in [2.05, 4.69) is 41.0 Å². The molecule has 0 aromatic carbocycles. The molecule has 5 nitrogen and oxygen atoms in total. The normalized spacial score (nSPS) is 11.4. The van der Waals surface area contributed by atoms with E-state index in [0.29, 0.717) is 5.88 Å². The number of anilines is 1. The Bertz CT molecular complexity index is 349. The molecule has 1 heterocycles. The Morgan fingerprint density at radius 3 is 2.65 bits per heavy atom. The van der Waals surface area contributed by atoms with Crippen molar-refractivity contribution in [3.05, 3.63) is 12.4 Å². The molecule has 0 bridgehead atoms. The smallest absolute Gasteiger partial charge is 0.218 e. The molecule has 1 aromatic rings. The van der Waals surface area contributed by atoms with Gasteiger partial charge in [0.15, 0.2) is 0 Å². The highest BCUT2D eigenvalue weighted by Crippen LogP contribution is 2.13. The summed E-state index contributed by atoms with van der Waals surface area (Å²) < 4.78 is 5.07. The van der Waals surface area contributed by atoms with Gasteiger partial charge in [0.25, 0.3) is 0 Å². The van der Waals surface area contributed by atoms with Crippen molar-refractivity contribution in [2.45, 2.75) is 26.3 Å². The lowest BCUT2D eigenvalue weighted by atomic mass is 10.1. The Hall–Kier alpha value is -1.36. The molecule has 0 amide bonds. The largest absolute Gasteiger partial charge is 0.481 e. The maximum absolute atomic E-state index is 5.07. The molecule has 0 unspecified atom stereocenters. The van der Waals surface area contributed by atoms with E-state index < -0.39 is 0 Å². The number of ether oxygens (including phenoxy) is 1. The van der Waals surface area contributed by atoms with Crippen LogP contribution in [0.3, 0.4) is 0 Å². The van der Waals surface area contributed by atoms with E-state index in [0.717, 1.165) is 18.9 Å². The van der Waals surface area contributed by atoms with Crippen molar-refractivity contribution in [2.75, 3.05) is 32.1 Å². The summed E-state index contributed by atoms with van der Waals surface area (Å²) in [5.41, 5.74) is 0.143. The second-order valence-corrected chi connectivity index (χ2v) is 5.02. The van der Waals surface area contributed by atoms with Crippen LogP contribution in [-0.2, 0) is 0 Å². The fourth-order valence-electron chi connectivity index (χ4n) is 1.36. The first-order valence-electron chi connectivity index (χ1n) is 5.74. The minimum atomic E-state index is 0.143. The average Bonchev–Trinajstić information content (AvgIpc) is 2.27. The Labute approximate surface area is 103 Å². The minimum Gasteiger partial charge on any atom is -0.481 e. The van der Waals surface area contributed by atoms with Crippen molar-refractivity contribution in [3.8, 4) is 5.88 Å². The Morgan fingerprint density at radius 1 is 1.35 bits per heavy atom. The molecule has 0 aliphatic carbocycles. The number of rotatable bonds is 5. The van der Waals surface area contributed by atoms with Crippen LogP contribution in [0.2, 0.25) is 0 Å². The fraction of sp³-hybridized carbons (Fsp3) is 0.667. The zero-order chi connectivity index (χ0) is 12.9.